The van der Waals surface area contributed by atoms with Gasteiger partial charge in [-0.05, 0) is 128 Å². The van der Waals surface area contributed by atoms with E-state index in [1.165, 1.54) is 63.4 Å². The number of fused-ring (bicyclic) bond motifs is 7. The van der Waals surface area contributed by atoms with Crippen LogP contribution in [0.4, 0.5) is 0 Å². The summed E-state index contributed by atoms with van der Waals surface area (Å²) in [6.07, 6.45) is 12.2. The van der Waals surface area contributed by atoms with Crippen LogP contribution in [-0.4, -0.2) is 22.9 Å². The molecule has 5 aliphatic carbocycles. The number of aliphatic hydroxyl groups is 2. The molecule has 0 aromatic carbocycles. The second-order valence-electron chi connectivity index (χ2n) is 14.6. The van der Waals surface area contributed by atoms with E-state index in [0.29, 0.717) is 40.6 Å². The Balaban J connectivity index is 1.55. The van der Waals surface area contributed by atoms with Crippen LogP contribution in [0.25, 0.3) is 0 Å². The Morgan fingerprint density at radius 2 is 1.53 bits per heavy atom. The van der Waals surface area contributed by atoms with Crippen molar-refractivity contribution in [2.75, 3.05) is 6.61 Å². The van der Waals surface area contributed by atoms with E-state index in [1.54, 1.807) is 0 Å². The van der Waals surface area contributed by atoms with E-state index in [1.807, 2.05) is 0 Å². The average Bonchev–Trinajstić information content (AvgIpc) is 3.12. The van der Waals surface area contributed by atoms with E-state index in [2.05, 4.69) is 48.1 Å². The Morgan fingerprint density at radius 1 is 0.812 bits per heavy atom. The molecule has 182 valence electrons. The van der Waals surface area contributed by atoms with Crippen molar-refractivity contribution >= 4 is 0 Å². The third kappa shape index (κ3) is 2.66. The molecule has 0 aromatic rings. The van der Waals surface area contributed by atoms with Gasteiger partial charge in [-0.15, -0.1) is 0 Å². The largest absolute Gasteiger partial charge is 0.396 e. The normalized spacial score (nSPS) is 56.5. The van der Waals surface area contributed by atoms with Crippen LogP contribution in [0.15, 0.2) is 12.2 Å². The molecule has 0 amide bonds. The van der Waals surface area contributed by atoms with Crippen molar-refractivity contribution < 1.29 is 10.2 Å². The van der Waals surface area contributed by atoms with Gasteiger partial charge in [0.1, 0.15) is 0 Å². The molecular formula is C30H50O2. The minimum Gasteiger partial charge on any atom is -0.396 e. The van der Waals surface area contributed by atoms with Gasteiger partial charge in [0.25, 0.3) is 0 Å². The van der Waals surface area contributed by atoms with E-state index >= 15 is 0 Å². The molecule has 5 aliphatic rings. The zero-order chi connectivity index (χ0) is 23.3. The van der Waals surface area contributed by atoms with Gasteiger partial charge in [0.15, 0.2) is 0 Å². The summed E-state index contributed by atoms with van der Waals surface area (Å²) in [6, 6.07) is 0. The van der Waals surface area contributed by atoms with Crippen molar-refractivity contribution in [2.24, 2.45) is 56.7 Å². The number of aliphatic hydroxyl groups excluding tert-OH is 2. The minimum absolute atomic E-state index is 0.0290. The Labute approximate surface area is 197 Å². The monoisotopic (exact) mass is 442 g/mol. The second kappa shape index (κ2) is 7.09. The van der Waals surface area contributed by atoms with Crippen molar-refractivity contribution in [3.05, 3.63) is 12.2 Å². The lowest BCUT2D eigenvalue weighted by atomic mass is 9.32. The molecule has 0 aromatic heterocycles. The first-order valence-electron chi connectivity index (χ1n) is 13.8. The standard InChI is InChI=1S/C30H50O2/c1-19(2)20-10-15-30(18-31)17-16-28(6)21(25(20)30)8-9-23-27(5)13-12-24(32)26(3,4)22(27)11-14-29(23,28)7/h20-25,31-32H,1,8-18H2,2-7H3/t20?,21?,22?,23?,24-,25?,27-,28-,29+,30+/m0/s1. The lowest BCUT2D eigenvalue weighted by Crippen LogP contribution is -2.66. The van der Waals surface area contributed by atoms with Crippen LogP contribution in [0.5, 0.6) is 0 Å². The summed E-state index contributed by atoms with van der Waals surface area (Å²) in [5.41, 5.74) is 2.60. The molecule has 2 nitrogen and oxygen atoms in total. The summed E-state index contributed by atoms with van der Waals surface area (Å²) < 4.78 is 0. The van der Waals surface area contributed by atoms with Crippen LogP contribution in [0, 0.1) is 56.7 Å². The summed E-state index contributed by atoms with van der Waals surface area (Å²) in [5, 5.41) is 21.5. The van der Waals surface area contributed by atoms with Crippen LogP contribution >= 0.6 is 0 Å². The van der Waals surface area contributed by atoms with E-state index in [9.17, 15) is 10.2 Å². The van der Waals surface area contributed by atoms with Gasteiger partial charge in [-0.3, -0.25) is 0 Å². The fraction of sp³-hybridized carbons (Fsp3) is 0.933. The maximum Gasteiger partial charge on any atom is 0.0594 e. The molecule has 5 unspecified atom stereocenters. The number of allylic oxidation sites excluding steroid dienone is 1. The van der Waals surface area contributed by atoms with Crippen LogP contribution in [0.2, 0.25) is 0 Å². The van der Waals surface area contributed by atoms with Gasteiger partial charge in [0.2, 0.25) is 0 Å². The molecule has 5 rings (SSSR count). The van der Waals surface area contributed by atoms with E-state index in [0.717, 1.165) is 18.3 Å². The van der Waals surface area contributed by atoms with E-state index < -0.39 is 0 Å². The van der Waals surface area contributed by atoms with Gasteiger partial charge >= 0.3 is 0 Å². The van der Waals surface area contributed by atoms with Gasteiger partial charge in [0, 0.05) is 6.61 Å². The first-order valence-corrected chi connectivity index (χ1v) is 13.8. The predicted molar refractivity (Wildman–Crippen MR) is 132 cm³/mol. The molecule has 0 aliphatic heterocycles. The highest BCUT2D eigenvalue weighted by Gasteiger charge is 2.70. The Kier molecular flexibility index (Phi) is 5.19. The summed E-state index contributed by atoms with van der Waals surface area (Å²) in [4.78, 5) is 0. The van der Waals surface area contributed by atoms with Gasteiger partial charge in [-0.2, -0.15) is 0 Å². The Hall–Kier alpha value is -0.340. The number of rotatable bonds is 2. The Bertz CT molecular complexity index is 786. The molecule has 0 bridgehead atoms. The zero-order valence-electron chi connectivity index (χ0n) is 21.8. The highest BCUT2D eigenvalue weighted by Crippen LogP contribution is 2.77. The molecular weight excluding hydrogens is 392 g/mol. The summed E-state index contributed by atoms with van der Waals surface area (Å²) in [6.45, 7) is 19.7. The molecule has 10 atom stereocenters. The van der Waals surface area contributed by atoms with E-state index in [-0.39, 0.29) is 16.9 Å². The average molecular weight is 443 g/mol. The lowest BCUT2D eigenvalue weighted by molar-refractivity contribution is -0.249. The predicted octanol–water partition coefficient (Wildman–Crippen LogP) is 7.00. The molecule has 2 N–H and O–H groups in total. The summed E-state index contributed by atoms with van der Waals surface area (Å²) in [7, 11) is 0. The van der Waals surface area contributed by atoms with Gasteiger partial charge in [-0.25, -0.2) is 0 Å². The fourth-order valence-corrected chi connectivity index (χ4v) is 11.5. The first-order chi connectivity index (χ1) is 14.9. The van der Waals surface area contributed by atoms with Gasteiger partial charge < -0.3 is 10.2 Å². The van der Waals surface area contributed by atoms with E-state index in [4.69, 9.17) is 0 Å². The first kappa shape index (κ1) is 23.4. The maximum atomic E-state index is 10.9. The molecule has 5 saturated carbocycles. The van der Waals surface area contributed by atoms with Crippen molar-refractivity contribution in [1.29, 1.82) is 0 Å². The second-order valence-corrected chi connectivity index (χ2v) is 14.6. The zero-order valence-corrected chi connectivity index (χ0v) is 21.8. The van der Waals surface area contributed by atoms with Crippen molar-refractivity contribution in [3.8, 4) is 0 Å². The highest BCUT2D eigenvalue weighted by molar-refractivity contribution is 5.21. The van der Waals surface area contributed by atoms with Gasteiger partial charge in [-0.1, -0.05) is 46.8 Å². The lowest BCUT2D eigenvalue weighted by Gasteiger charge is -2.73. The molecule has 2 heteroatoms. The molecule has 5 fully saturated rings. The number of hydrogen-bond acceptors (Lipinski definition) is 2. The highest BCUT2D eigenvalue weighted by atomic mass is 16.3. The summed E-state index contributed by atoms with van der Waals surface area (Å²) in [5.74, 6) is 3.33. The van der Waals surface area contributed by atoms with Crippen LogP contribution < -0.4 is 0 Å². The van der Waals surface area contributed by atoms with Crippen LogP contribution in [0.3, 0.4) is 0 Å². The molecule has 0 spiro atoms. The maximum absolute atomic E-state index is 10.9. The SMILES string of the molecule is C=C(C)C1CC[C@]2(CO)CC[C@@]3(C)C(CCC4[C@@]5(C)CC[C@H](O)C(C)(C)C5CC[C@]43C)C12. The minimum atomic E-state index is -0.147. The number of hydrogen-bond donors (Lipinski definition) is 2. The molecule has 0 heterocycles. The summed E-state index contributed by atoms with van der Waals surface area (Å²) >= 11 is 0. The smallest absolute Gasteiger partial charge is 0.0594 e. The van der Waals surface area contributed by atoms with Crippen LogP contribution in [-0.2, 0) is 0 Å². The Morgan fingerprint density at radius 3 is 2.19 bits per heavy atom. The quantitative estimate of drug-likeness (QED) is 0.452. The third-order valence-corrected chi connectivity index (χ3v) is 13.5. The molecule has 0 saturated heterocycles. The van der Waals surface area contributed by atoms with Crippen molar-refractivity contribution in [2.45, 2.75) is 112 Å². The van der Waals surface area contributed by atoms with Crippen molar-refractivity contribution in [3.63, 3.8) is 0 Å². The van der Waals surface area contributed by atoms with Gasteiger partial charge in [0.05, 0.1) is 6.10 Å². The fourth-order valence-electron chi connectivity index (χ4n) is 11.5. The third-order valence-electron chi connectivity index (χ3n) is 13.5. The molecule has 0 radical (unpaired) electrons. The topological polar surface area (TPSA) is 40.5 Å². The van der Waals surface area contributed by atoms with Crippen molar-refractivity contribution in [1.82, 2.24) is 0 Å². The molecule has 32 heavy (non-hydrogen) atoms. The van der Waals surface area contributed by atoms with Crippen LogP contribution in [0.1, 0.15) is 106 Å².